The van der Waals surface area contributed by atoms with Gasteiger partial charge in [-0.3, -0.25) is 0 Å². The fourth-order valence-electron chi connectivity index (χ4n) is 6.88. The molecule has 7 aromatic carbocycles. The van der Waals surface area contributed by atoms with Crippen molar-refractivity contribution in [3.63, 3.8) is 0 Å². The van der Waals surface area contributed by atoms with Crippen LogP contribution in [0.25, 0.3) is 100 Å². The Morgan fingerprint density at radius 3 is 1.48 bits per heavy atom. The summed E-state index contributed by atoms with van der Waals surface area (Å²) in [5.41, 5.74) is 10.2. The summed E-state index contributed by atoms with van der Waals surface area (Å²) in [6.07, 6.45) is 0. The zero-order valence-electron chi connectivity index (χ0n) is 26.7. The van der Waals surface area contributed by atoms with E-state index in [1.807, 2.05) is 48.5 Å². The minimum Gasteiger partial charge on any atom is -0.456 e. The van der Waals surface area contributed by atoms with E-state index in [0.717, 1.165) is 82.8 Å². The van der Waals surface area contributed by atoms with Crippen LogP contribution in [0.4, 0.5) is 0 Å². The third-order valence-electron chi connectivity index (χ3n) is 9.33. The summed E-state index contributed by atoms with van der Waals surface area (Å²) in [5, 5.41) is 4.14. The molecule has 50 heavy (non-hydrogen) atoms. The van der Waals surface area contributed by atoms with Crippen molar-refractivity contribution in [1.82, 2.24) is 15.0 Å². The van der Waals surface area contributed by atoms with Gasteiger partial charge in [0, 0.05) is 38.7 Å². The van der Waals surface area contributed by atoms with E-state index in [9.17, 15) is 0 Å². The van der Waals surface area contributed by atoms with E-state index in [4.69, 9.17) is 23.8 Å². The van der Waals surface area contributed by atoms with Gasteiger partial charge in [0.1, 0.15) is 22.3 Å². The van der Waals surface area contributed by atoms with Crippen molar-refractivity contribution in [2.45, 2.75) is 0 Å². The molecule has 0 unspecified atom stereocenters. The molecule has 5 heteroatoms. The van der Waals surface area contributed by atoms with Crippen molar-refractivity contribution < 1.29 is 8.83 Å². The van der Waals surface area contributed by atoms with Crippen molar-refractivity contribution in [2.24, 2.45) is 0 Å². The van der Waals surface area contributed by atoms with Gasteiger partial charge in [-0.15, -0.1) is 0 Å². The van der Waals surface area contributed by atoms with Crippen molar-refractivity contribution in [3.8, 4) is 56.4 Å². The molecule has 0 spiro atoms. The first-order valence-corrected chi connectivity index (χ1v) is 16.6. The van der Waals surface area contributed by atoms with E-state index in [2.05, 4.69) is 115 Å². The van der Waals surface area contributed by atoms with Crippen LogP contribution in [0.5, 0.6) is 0 Å². The molecule has 5 nitrogen and oxygen atoms in total. The lowest BCUT2D eigenvalue weighted by molar-refractivity contribution is 0.656. The highest BCUT2D eigenvalue weighted by molar-refractivity contribution is 6.16. The minimum absolute atomic E-state index is 0.541. The van der Waals surface area contributed by atoms with Gasteiger partial charge in [-0.2, -0.15) is 0 Å². The lowest BCUT2D eigenvalue weighted by atomic mass is 10.0. The van der Waals surface area contributed by atoms with Crippen molar-refractivity contribution >= 4 is 43.9 Å². The van der Waals surface area contributed by atoms with Gasteiger partial charge in [0.15, 0.2) is 17.5 Å². The zero-order chi connectivity index (χ0) is 33.0. The summed E-state index contributed by atoms with van der Waals surface area (Å²) >= 11 is 0. The number of hydrogen-bond donors (Lipinski definition) is 0. The summed E-state index contributed by atoms with van der Waals surface area (Å²) in [6.45, 7) is 0. The number of para-hydroxylation sites is 2. The average Bonchev–Trinajstić information content (AvgIpc) is 3.75. The molecule has 3 heterocycles. The number of furan rings is 2. The van der Waals surface area contributed by atoms with Crippen LogP contribution in [0.2, 0.25) is 0 Å². The molecule has 0 atom stereocenters. The summed E-state index contributed by atoms with van der Waals surface area (Å²) in [7, 11) is 0. The molecule has 0 aliphatic carbocycles. The van der Waals surface area contributed by atoms with Gasteiger partial charge in [0.2, 0.25) is 0 Å². The third-order valence-corrected chi connectivity index (χ3v) is 9.33. The Bertz CT molecular complexity index is 2770. The number of hydrogen-bond acceptors (Lipinski definition) is 5. The molecular formula is C45H27N3O2. The SMILES string of the molecule is c1ccc(-c2cccc(-c3nc(-c4cccc(-c5ccccc5)c4)nc(-c4cccc5c4oc4cc6oc7ccccc7c6cc45)n3)c2)cc1. The second kappa shape index (κ2) is 11.4. The maximum atomic E-state index is 6.63. The van der Waals surface area contributed by atoms with Crippen LogP contribution in [-0.2, 0) is 0 Å². The molecule has 0 bridgehead atoms. The average molecular weight is 642 g/mol. The van der Waals surface area contributed by atoms with Crippen LogP contribution >= 0.6 is 0 Å². The van der Waals surface area contributed by atoms with Gasteiger partial charge in [0.25, 0.3) is 0 Å². The number of rotatable bonds is 5. The first-order chi connectivity index (χ1) is 24.7. The van der Waals surface area contributed by atoms with E-state index < -0.39 is 0 Å². The van der Waals surface area contributed by atoms with Crippen molar-refractivity contribution in [3.05, 3.63) is 164 Å². The highest BCUT2D eigenvalue weighted by Crippen LogP contribution is 2.40. The van der Waals surface area contributed by atoms with Gasteiger partial charge in [-0.05, 0) is 52.6 Å². The predicted molar refractivity (Wildman–Crippen MR) is 202 cm³/mol. The van der Waals surface area contributed by atoms with Gasteiger partial charge in [-0.25, -0.2) is 15.0 Å². The molecule has 0 saturated heterocycles. The number of fused-ring (bicyclic) bond motifs is 6. The molecule has 10 rings (SSSR count). The molecule has 0 amide bonds. The molecule has 0 N–H and O–H groups in total. The molecule has 0 aliphatic heterocycles. The molecule has 234 valence electrons. The number of aromatic nitrogens is 3. The lowest BCUT2D eigenvalue weighted by Gasteiger charge is -2.11. The van der Waals surface area contributed by atoms with E-state index >= 15 is 0 Å². The predicted octanol–water partition coefficient (Wildman–Crippen LogP) is 12.0. The van der Waals surface area contributed by atoms with Gasteiger partial charge < -0.3 is 8.83 Å². The first kappa shape index (κ1) is 28.2. The molecule has 0 saturated carbocycles. The first-order valence-electron chi connectivity index (χ1n) is 16.6. The monoisotopic (exact) mass is 641 g/mol. The Morgan fingerprint density at radius 1 is 0.300 bits per heavy atom. The largest absolute Gasteiger partial charge is 0.456 e. The fraction of sp³-hybridized carbons (Fsp3) is 0. The molecule has 0 fully saturated rings. The Balaban J connectivity index is 1.18. The quantitative estimate of drug-likeness (QED) is 0.187. The molecular weight excluding hydrogens is 615 g/mol. The zero-order valence-corrected chi connectivity index (χ0v) is 26.7. The fourth-order valence-corrected chi connectivity index (χ4v) is 6.88. The van der Waals surface area contributed by atoms with Crippen LogP contribution < -0.4 is 0 Å². The Labute approximate surface area is 287 Å². The maximum Gasteiger partial charge on any atom is 0.167 e. The van der Waals surface area contributed by atoms with Gasteiger partial charge in [0.05, 0.1) is 5.56 Å². The maximum absolute atomic E-state index is 6.63. The molecule has 10 aromatic rings. The smallest absolute Gasteiger partial charge is 0.167 e. The molecule has 0 radical (unpaired) electrons. The second-order valence-electron chi connectivity index (χ2n) is 12.4. The van der Waals surface area contributed by atoms with Crippen LogP contribution in [0.1, 0.15) is 0 Å². The van der Waals surface area contributed by atoms with E-state index in [1.54, 1.807) is 0 Å². The van der Waals surface area contributed by atoms with Crippen LogP contribution in [0.3, 0.4) is 0 Å². The number of nitrogens with zero attached hydrogens (tertiary/aromatic N) is 3. The van der Waals surface area contributed by atoms with Crippen molar-refractivity contribution in [2.75, 3.05) is 0 Å². The van der Waals surface area contributed by atoms with Crippen LogP contribution in [-0.4, -0.2) is 15.0 Å². The van der Waals surface area contributed by atoms with Crippen LogP contribution in [0, 0.1) is 0 Å². The summed E-state index contributed by atoms with van der Waals surface area (Å²) < 4.78 is 12.8. The highest BCUT2D eigenvalue weighted by Gasteiger charge is 2.20. The Morgan fingerprint density at radius 2 is 0.800 bits per heavy atom. The Hall–Kier alpha value is -6.85. The number of benzene rings is 7. The lowest BCUT2D eigenvalue weighted by Crippen LogP contribution is -2.00. The van der Waals surface area contributed by atoms with E-state index in [0.29, 0.717) is 17.5 Å². The van der Waals surface area contributed by atoms with Gasteiger partial charge in [-0.1, -0.05) is 127 Å². The third kappa shape index (κ3) is 4.75. The van der Waals surface area contributed by atoms with E-state index in [1.165, 1.54) is 0 Å². The minimum atomic E-state index is 0.541. The summed E-state index contributed by atoms with van der Waals surface area (Å²) in [4.78, 5) is 15.3. The summed E-state index contributed by atoms with van der Waals surface area (Å²) in [5.74, 6) is 1.72. The second-order valence-corrected chi connectivity index (χ2v) is 12.4. The van der Waals surface area contributed by atoms with Crippen LogP contribution in [0.15, 0.2) is 173 Å². The highest BCUT2D eigenvalue weighted by atomic mass is 16.3. The standard InChI is InChI=1S/C45H27N3O2/c1-3-12-28(13-4-1)30-16-9-18-32(24-30)43-46-44(33-19-10-17-31(25-33)29-14-5-2-6-15-29)48-45(47-43)36-22-11-21-35-38-26-37-34-20-7-8-23-39(34)49-40(37)27-41(38)50-42(35)36/h1-27H. The van der Waals surface area contributed by atoms with Gasteiger partial charge >= 0.3 is 0 Å². The van der Waals surface area contributed by atoms with Crippen molar-refractivity contribution in [1.29, 1.82) is 0 Å². The van der Waals surface area contributed by atoms with E-state index in [-0.39, 0.29) is 0 Å². The molecule has 3 aromatic heterocycles. The topological polar surface area (TPSA) is 65.0 Å². The molecule has 0 aliphatic rings. The normalized spacial score (nSPS) is 11.6. The Kier molecular flexibility index (Phi) is 6.42. The summed E-state index contributed by atoms with van der Waals surface area (Å²) in [6, 6.07) is 55.8.